The smallest absolute Gasteiger partial charge is 0.165 e. The molecule has 0 aromatic heterocycles. The number of fused-ring (bicyclic) bond motifs is 1. The number of ether oxygens (including phenoxy) is 1. The van der Waals surface area contributed by atoms with Crippen LogP contribution in [-0.2, 0) is 4.79 Å². The number of para-hydroxylation sites is 2. The normalized spacial score (nSPS) is 21.9. The van der Waals surface area contributed by atoms with E-state index >= 15 is 0 Å². The first kappa shape index (κ1) is 15.0. The van der Waals surface area contributed by atoms with Crippen LogP contribution in [0.5, 0.6) is 5.75 Å². The molecule has 2 aromatic rings. The summed E-state index contributed by atoms with van der Waals surface area (Å²) in [4.78, 5) is 13.0. The molecule has 3 heteroatoms. The van der Waals surface area contributed by atoms with Gasteiger partial charge in [0.25, 0.3) is 0 Å². The van der Waals surface area contributed by atoms with Crippen molar-refractivity contribution in [3.05, 3.63) is 71.4 Å². The molecule has 2 aromatic carbocycles. The van der Waals surface area contributed by atoms with Gasteiger partial charge in [-0.05, 0) is 29.5 Å². The Morgan fingerprint density at radius 3 is 2.50 bits per heavy atom. The first-order valence-corrected chi connectivity index (χ1v) is 8.37. The Morgan fingerprint density at radius 1 is 1.00 bits per heavy atom. The monoisotopic (exact) mass is 319 g/mol. The van der Waals surface area contributed by atoms with Gasteiger partial charge >= 0.3 is 0 Å². The van der Waals surface area contributed by atoms with Gasteiger partial charge in [0.2, 0.25) is 0 Å². The van der Waals surface area contributed by atoms with Gasteiger partial charge in [-0.25, -0.2) is 0 Å². The molecule has 1 atom stereocenters. The molecule has 0 amide bonds. The Labute approximate surface area is 142 Å². The number of hydrogen-bond donors (Lipinski definition) is 1. The maximum atomic E-state index is 13.0. The van der Waals surface area contributed by atoms with Crippen LogP contribution in [0.3, 0.4) is 0 Å². The lowest BCUT2D eigenvalue weighted by molar-refractivity contribution is -0.119. The number of nitrogens with one attached hydrogen (secondary N) is 1. The van der Waals surface area contributed by atoms with Crippen molar-refractivity contribution in [3.8, 4) is 5.75 Å². The molecule has 1 heterocycles. The molecule has 0 bridgehead atoms. The highest BCUT2D eigenvalue weighted by atomic mass is 16.5. The first-order valence-electron chi connectivity index (χ1n) is 8.37. The van der Waals surface area contributed by atoms with Gasteiger partial charge in [-0.1, -0.05) is 56.3 Å². The molecule has 1 aliphatic heterocycles. The second-order valence-corrected chi connectivity index (χ2v) is 7.36. The number of carbonyl (C=O) groups excluding carboxylic acids is 1. The Hall–Kier alpha value is -2.55. The molecule has 1 aliphatic carbocycles. The van der Waals surface area contributed by atoms with Crippen LogP contribution in [-0.4, -0.2) is 5.78 Å². The second kappa shape index (κ2) is 5.52. The van der Waals surface area contributed by atoms with Crippen LogP contribution in [0.1, 0.15) is 38.4 Å². The lowest BCUT2D eigenvalue weighted by Crippen LogP contribution is -2.31. The summed E-state index contributed by atoms with van der Waals surface area (Å²) in [5.41, 5.74) is 3.67. The Kier molecular flexibility index (Phi) is 3.45. The van der Waals surface area contributed by atoms with E-state index in [0.717, 1.165) is 34.7 Å². The molecular weight excluding hydrogens is 298 g/mol. The average molecular weight is 319 g/mol. The van der Waals surface area contributed by atoms with Crippen LogP contribution < -0.4 is 10.1 Å². The van der Waals surface area contributed by atoms with Crippen molar-refractivity contribution in [1.29, 1.82) is 0 Å². The van der Waals surface area contributed by atoms with Crippen molar-refractivity contribution >= 4 is 11.5 Å². The molecule has 1 N–H and O–H groups in total. The Bertz CT molecular complexity index is 821. The summed E-state index contributed by atoms with van der Waals surface area (Å²) < 4.78 is 6.31. The molecule has 122 valence electrons. The molecule has 0 saturated heterocycles. The summed E-state index contributed by atoms with van der Waals surface area (Å²) >= 11 is 0. The minimum absolute atomic E-state index is 0.0383. The summed E-state index contributed by atoms with van der Waals surface area (Å²) in [6.07, 6.45) is 1.03. The van der Waals surface area contributed by atoms with E-state index in [-0.39, 0.29) is 17.3 Å². The first-order chi connectivity index (χ1) is 11.5. The third kappa shape index (κ3) is 2.60. The van der Waals surface area contributed by atoms with Crippen LogP contribution in [0.2, 0.25) is 0 Å². The van der Waals surface area contributed by atoms with Crippen LogP contribution in [0.15, 0.2) is 65.9 Å². The van der Waals surface area contributed by atoms with Gasteiger partial charge in [-0.3, -0.25) is 4.79 Å². The second-order valence-electron chi connectivity index (χ2n) is 7.36. The quantitative estimate of drug-likeness (QED) is 0.814. The average Bonchev–Trinajstić information content (AvgIpc) is 2.70. The van der Waals surface area contributed by atoms with Gasteiger partial charge in [0.1, 0.15) is 5.75 Å². The molecular formula is C21H21NO2. The number of ketones is 1. The maximum Gasteiger partial charge on any atom is 0.165 e. The molecule has 0 radical (unpaired) electrons. The summed E-state index contributed by atoms with van der Waals surface area (Å²) in [7, 11) is 0. The lowest BCUT2D eigenvalue weighted by Gasteiger charge is -2.33. The standard InChI is InChI=1S/C21H21NO2/c1-21(2)12-16-19(17(23)13-21)20(14-8-4-3-5-9-14)24-18-11-7-6-10-15(18)22-16/h3-11,20,22H,12-13H2,1-2H3. The van der Waals surface area contributed by atoms with E-state index < -0.39 is 0 Å². The molecule has 3 nitrogen and oxygen atoms in total. The zero-order valence-corrected chi connectivity index (χ0v) is 14.0. The predicted octanol–water partition coefficient (Wildman–Crippen LogP) is 4.88. The number of Topliss-reactive ketones (excluding diaryl/α,β-unsaturated/α-hetero) is 1. The third-order valence-corrected chi connectivity index (χ3v) is 4.70. The van der Waals surface area contributed by atoms with Crippen molar-refractivity contribution in [2.24, 2.45) is 5.41 Å². The maximum absolute atomic E-state index is 13.0. The number of benzene rings is 2. The zero-order valence-electron chi connectivity index (χ0n) is 14.0. The van der Waals surface area contributed by atoms with Crippen molar-refractivity contribution in [3.63, 3.8) is 0 Å². The summed E-state index contributed by atoms with van der Waals surface area (Å²) in [5.74, 6) is 0.960. The SMILES string of the molecule is CC1(C)CC(=O)C2=C(C1)Nc1ccccc1OC2c1ccccc1. The van der Waals surface area contributed by atoms with Gasteiger partial charge in [0.05, 0.1) is 11.3 Å². The molecule has 0 saturated carbocycles. The molecule has 2 aliphatic rings. The van der Waals surface area contributed by atoms with Gasteiger partial charge in [-0.2, -0.15) is 0 Å². The van der Waals surface area contributed by atoms with E-state index in [1.807, 2.05) is 54.6 Å². The fraction of sp³-hybridized carbons (Fsp3) is 0.286. The minimum Gasteiger partial charge on any atom is -0.479 e. The third-order valence-electron chi connectivity index (χ3n) is 4.70. The van der Waals surface area contributed by atoms with Crippen molar-refractivity contribution in [1.82, 2.24) is 0 Å². The molecule has 1 unspecified atom stereocenters. The van der Waals surface area contributed by atoms with Gasteiger partial charge in [0.15, 0.2) is 11.9 Å². The van der Waals surface area contributed by atoms with E-state index in [2.05, 4.69) is 19.2 Å². The Morgan fingerprint density at radius 2 is 1.71 bits per heavy atom. The van der Waals surface area contributed by atoms with Gasteiger partial charge in [-0.15, -0.1) is 0 Å². The van der Waals surface area contributed by atoms with Gasteiger partial charge < -0.3 is 10.1 Å². The number of hydrogen-bond acceptors (Lipinski definition) is 3. The molecule has 0 fully saturated rings. The number of rotatable bonds is 1. The molecule has 0 spiro atoms. The molecule has 24 heavy (non-hydrogen) atoms. The van der Waals surface area contributed by atoms with E-state index in [4.69, 9.17) is 4.74 Å². The highest BCUT2D eigenvalue weighted by Crippen LogP contribution is 2.46. The van der Waals surface area contributed by atoms with Crippen molar-refractivity contribution < 1.29 is 9.53 Å². The van der Waals surface area contributed by atoms with E-state index in [0.29, 0.717) is 6.42 Å². The minimum atomic E-state index is -0.360. The van der Waals surface area contributed by atoms with E-state index in [9.17, 15) is 4.79 Å². The highest BCUT2D eigenvalue weighted by molar-refractivity contribution is 5.99. The fourth-order valence-electron chi connectivity index (χ4n) is 3.63. The lowest BCUT2D eigenvalue weighted by atomic mass is 9.74. The topological polar surface area (TPSA) is 38.3 Å². The fourth-order valence-corrected chi connectivity index (χ4v) is 3.63. The van der Waals surface area contributed by atoms with Crippen LogP contribution in [0.25, 0.3) is 0 Å². The molecule has 4 rings (SSSR count). The van der Waals surface area contributed by atoms with Crippen LogP contribution >= 0.6 is 0 Å². The summed E-state index contributed by atoms with van der Waals surface area (Å²) in [5, 5.41) is 3.48. The zero-order chi connectivity index (χ0) is 16.7. The van der Waals surface area contributed by atoms with Crippen molar-refractivity contribution in [2.45, 2.75) is 32.8 Å². The van der Waals surface area contributed by atoms with Crippen LogP contribution in [0, 0.1) is 5.41 Å². The highest BCUT2D eigenvalue weighted by Gasteiger charge is 2.39. The Balaban J connectivity index is 1.89. The largest absolute Gasteiger partial charge is 0.479 e. The van der Waals surface area contributed by atoms with E-state index in [1.54, 1.807) is 0 Å². The summed E-state index contributed by atoms with van der Waals surface area (Å²) in [6.45, 7) is 4.29. The number of carbonyl (C=O) groups is 1. The van der Waals surface area contributed by atoms with E-state index in [1.165, 1.54) is 0 Å². The number of allylic oxidation sites excluding steroid dienone is 1. The van der Waals surface area contributed by atoms with Gasteiger partial charge in [0, 0.05) is 12.1 Å². The van der Waals surface area contributed by atoms with Crippen molar-refractivity contribution in [2.75, 3.05) is 5.32 Å². The summed E-state index contributed by atoms with van der Waals surface area (Å²) in [6, 6.07) is 17.9. The predicted molar refractivity (Wildman–Crippen MR) is 94.9 cm³/mol. The number of anilines is 1. The van der Waals surface area contributed by atoms with Crippen LogP contribution in [0.4, 0.5) is 5.69 Å².